The minimum absolute atomic E-state index is 0.0701. The van der Waals surface area contributed by atoms with Crippen molar-refractivity contribution < 1.29 is 4.79 Å². The van der Waals surface area contributed by atoms with Gasteiger partial charge >= 0.3 is 5.69 Å². The summed E-state index contributed by atoms with van der Waals surface area (Å²) in [5, 5.41) is 3.29. The van der Waals surface area contributed by atoms with E-state index >= 15 is 0 Å². The first kappa shape index (κ1) is 19.6. The van der Waals surface area contributed by atoms with Crippen molar-refractivity contribution in [1.29, 1.82) is 0 Å². The van der Waals surface area contributed by atoms with Crippen molar-refractivity contribution in [3.63, 3.8) is 0 Å². The normalized spacial score (nSPS) is 15.3. The van der Waals surface area contributed by atoms with Gasteiger partial charge in [-0.15, -0.1) is 0 Å². The first-order valence-electron chi connectivity index (χ1n) is 9.14. The number of aromatic nitrogens is 4. The molecule has 1 amide bonds. The summed E-state index contributed by atoms with van der Waals surface area (Å²) in [4.78, 5) is 46.6. The monoisotopic (exact) mass is 391 g/mol. The average Bonchev–Trinajstić information content (AvgIpc) is 3.40. The van der Waals surface area contributed by atoms with Crippen LogP contribution in [-0.2, 0) is 18.4 Å². The highest BCUT2D eigenvalue weighted by Gasteiger charge is 2.27. The molecule has 146 valence electrons. The molecule has 2 heterocycles. The van der Waals surface area contributed by atoms with Crippen LogP contribution >= 0.6 is 11.8 Å². The maximum Gasteiger partial charge on any atom is 0.332 e. The Morgan fingerprint density at radius 1 is 1.26 bits per heavy atom. The lowest BCUT2D eigenvalue weighted by molar-refractivity contribution is -0.120. The number of nitrogens with one attached hydrogen (secondary N) is 1. The molecule has 1 saturated carbocycles. The Labute approximate surface area is 161 Å². The Kier molecular flexibility index (Phi) is 5.41. The highest BCUT2D eigenvalue weighted by atomic mass is 32.2. The van der Waals surface area contributed by atoms with E-state index in [1.165, 1.54) is 23.4 Å². The molecule has 2 aromatic rings. The van der Waals surface area contributed by atoms with Crippen molar-refractivity contribution in [1.82, 2.24) is 24.4 Å². The van der Waals surface area contributed by atoms with Crippen molar-refractivity contribution in [3.8, 4) is 0 Å². The van der Waals surface area contributed by atoms with Gasteiger partial charge in [0.05, 0.1) is 5.25 Å². The number of amides is 1. The second-order valence-electron chi connectivity index (χ2n) is 7.47. The van der Waals surface area contributed by atoms with Crippen molar-refractivity contribution in [2.24, 2.45) is 13.0 Å². The van der Waals surface area contributed by atoms with Crippen LogP contribution in [0, 0.1) is 12.8 Å². The fourth-order valence-electron chi connectivity index (χ4n) is 2.82. The summed E-state index contributed by atoms with van der Waals surface area (Å²) in [5.74, 6) is 0.599. The second-order valence-corrected chi connectivity index (χ2v) is 8.80. The van der Waals surface area contributed by atoms with E-state index in [4.69, 9.17) is 0 Å². The molecule has 1 aliphatic rings. The van der Waals surface area contributed by atoms with Gasteiger partial charge in [0.2, 0.25) is 5.91 Å². The fourth-order valence-corrected chi connectivity index (χ4v) is 3.81. The second kappa shape index (κ2) is 7.46. The molecule has 0 aromatic carbocycles. The molecule has 1 atom stereocenters. The van der Waals surface area contributed by atoms with Gasteiger partial charge in [-0.25, -0.2) is 14.8 Å². The predicted molar refractivity (Wildman–Crippen MR) is 105 cm³/mol. The van der Waals surface area contributed by atoms with Crippen molar-refractivity contribution >= 4 is 28.7 Å². The maximum atomic E-state index is 12.8. The van der Waals surface area contributed by atoms with Gasteiger partial charge in [0.1, 0.15) is 16.2 Å². The van der Waals surface area contributed by atoms with Crippen molar-refractivity contribution in [2.45, 2.75) is 63.4 Å². The van der Waals surface area contributed by atoms with Crippen LogP contribution in [-0.4, -0.2) is 36.3 Å². The number of carbonyl (C=O) groups is 1. The van der Waals surface area contributed by atoms with Crippen LogP contribution in [0.2, 0.25) is 0 Å². The lowest BCUT2D eigenvalue weighted by Gasteiger charge is -2.16. The topological polar surface area (TPSA) is 98.9 Å². The smallest absolute Gasteiger partial charge is 0.332 e. The minimum Gasteiger partial charge on any atom is -0.352 e. The third-order valence-corrected chi connectivity index (χ3v) is 5.48. The summed E-state index contributed by atoms with van der Waals surface area (Å²) in [6.45, 7) is 7.96. The van der Waals surface area contributed by atoms with E-state index in [1.807, 2.05) is 13.8 Å². The Morgan fingerprint density at radius 3 is 2.52 bits per heavy atom. The molecule has 0 unspecified atom stereocenters. The number of rotatable bonds is 6. The van der Waals surface area contributed by atoms with Crippen molar-refractivity contribution in [2.75, 3.05) is 0 Å². The number of aryl methyl sites for hydroxylation is 1. The van der Waals surface area contributed by atoms with E-state index in [9.17, 15) is 14.4 Å². The Balaban J connectivity index is 2.12. The summed E-state index contributed by atoms with van der Waals surface area (Å²) >= 11 is 1.23. The zero-order chi connectivity index (χ0) is 19.9. The van der Waals surface area contributed by atoms with E-state index in [0.29, 0.717) is 28.4 Å². The molecule has 2 aromatic heterocycles. The number of nitrogens with zero attached hydrogens (tertiary/aromatic N) is 4. The fraction of sp³-hybridized carbons (Fsp3) is 0.611. The van der Waals surface area contributed by atoms with E-state index in [2.05, 4.69) is 15.3 Å². The molecule has 3 rings (SSSR count). The molecule has 0 saturated heterocycles. The van der Waals surface area contributed by atoms with Gasteiger partial charge in [-0.3, -0.25) is 18.7 Å². The zero-order valence-corrected chi connectivity index (χ0v) is 17.1. The molecular weight excluding hydrogens is 366 g/mol. The summed E-state index contributed by atoms with van der Waals surface area (Å²) in [6, 6.07) is 0.272. The molecule has 0 bridgehead atoms. The predicted octanol–water partition coefficient (Wildman–Crippen LogP) is 1.21. The molecule has 1 aliphatic carbocycles. The largest absolute Gasteiger partial charge is 0.352 e. The summed E-state index contributed by atoms with van der Waals surface area (Å²) in [6.07, 6.45) is 2.03. The summed E-state index contributed by atoms with van der Waals surface area (Å²) in [7, 11) is 1.46. The average molecular weight is 391 g/mol. The van der Waals surface area contributed by atoms with E-state index in [-0.39, 0.29) is 17.9 Å². The maximum absolute atomic E-state index is 12.8. The van der Waals surface area contributed by atoms with Crippen LogP contribution in [0.5, 0.6) is 0 Å². The van der Waals surface area contributed by atoms with E-state index in [1.54, 1.807) is 13.8 Å². The lowest BCUT2D eigenvalue weighted by Crippen LogP contribution is -2.40. The third-order valence-electron chi connectivity index (χ3n) is 4.39. The van der Waals surface area contributed by atoms with Crippen LogP contribution < -0.4 is 16.6 Å². The van der Waals surface area contributed by atoms with Crippen molar-refractivity contribution in [3.05, 3.63) is 26.7 Å². The first-order valence-corrected chi connectivity index (χ1v) is 10.0. The number of fused-ring (bicyclic) bond motifs is 1. The Morgan fingerprint density at radius 2 is 1.93 bits per heavy atom. The van der Waals surface area contributed by atoms with Crippen LogP contribution in [0.1, 0.15) is 39.4 Å². The molecule has 0 aliphatic heterocycles. The van der Waals surface area contributed by atoms with Gasteiger partial charge in [-0.1, -0.05) is 25.6 Å². The highest BCUT2D eigenvalue weighted by Crippen LogP contribution is 2.28. The molecule has 1 N–H and O–H groups in total. The van der Waals surface area contributed by atoms with E-state index < -0.39 is 16.5 Å². The molecule has 1 fully saturated rings. The van der Waals surface area contributed by atoms with Gasteiger partial charge < -0.3 is 5.32 Å². The molecule has 9 heteroatoms. The van der Waals surface area contributed by atoms with Crippen LogP contribution in [0.15, 0.2) is 14.6 Å². The van der Waals surface area contributed by atoms with Crippen LogP contribution in [0.25, 0.3) is 11.0 Å². The molecule has 27 heavy (non-hydrogen) atoms. The first-order chi connectivity index (χ1) is 12.7. The number of hydrogen-bond acceptors (Lipinski definition) is 6. The van der Waals surface area contributed by atoms with Gasteiger partial charge in [0.25, 0.3) is 5.56 Å². The van der Waals surface area contributed by atoms with Gasteiger partial charge in [-0.2, -0.15) is 0 Å². The van der Waals surface area contributed by atoms with Crippen LogP contribution in [0.4, 0.5) is 0 Å². The molecule has 0 radical (unpaired) electrons. The summed E-state index contributed by atoms with van der Waals surface area (Å²) in [5.41, 5.74) is -0.497. The van der Waals surface area contributed by atoms with Gasteiger partial charge in [-0.05, 0) is 32.6 Å². The standard InChI is InChI=1S/C18H25N5O3S/c1-9(2)8-23-14-13(17(25)22(5)18(23)26)16(20-11(4)19-14)27-10(3)15(24)21-12-6-7-12/h9-10,12H,6-8H2,1-5H3,(H,21,24)/t10-/m0/s1. The van der Waals surface area contributed by atoms with Crippen LogP contribution in [0.3, 0.4) is 0 Å². The highest BCUT2D eigenvalue weighted by molar-refractivity contribution is 8.00. The number of hydrogen-bond donors (Lipinski definition) is 1. The van der Waals surface area contributed by atoms with Gasteiger partial charge in [0, 0.05) is 19.6 Å². The number of carbonyl (C=O) groups excluding carboxylic acids is 1. The quantitative estimate of drug-likeness (QED) is 0.587. The van der Waals surface area contributed by atoms with E-state index in [0.717, 1.165) is 17.4 Å². The zero-order valence-electron chi connectivity index (χ0n) is 16.3. The van der Waals surface area contributed by atoms with Gasteiger partial charge in [0.15, 0.2) is 5.65 Å². The minimum atomic E-state index is -0.438. The number of thioether (sulfide) groups is 1. The lowest BCUT2D eigenvalue weighted by atomic mass is 10.2. The Hall–Kier alpha value is -2.16. The third kappa shape index (κ3) is 4.07. The summed E-state index contributed by atoms with van der Waals surface area (Å²) < 4.78 is 2.61. The Bertz CT molecular complexity index is 1010. The molecule has 8 nitrogen and oxygen atoms in total. The molecular formula is C18H25N5O3S. The SMILES string of the molecule is Cc1nc(S[C@@H](C)C(=O)NC2CC2)c2c(=O)n(C)c(=O)n(CC(C)C)c2n1. The molecule has 0 spiro atoms.